The van der Waals surface area contributed by atoms with Crippen LogP contribution in [0.5, 0.6) is 0 Å². The van der Waals surface area contributed by atoms with Gasteiger partial charge in [0.1, 0.15) is 0 Å². The van der Waals surface area contributed by atoms with Gasteiger partial charge in [-0.2, -0.15) is 0 Å². The highest BCUT2D eigenvalue weighted by molar-refractivity contribution is 5.84. The Labute approximate surface area is 127 Å². The molecule has 1 saturated carbocycles. The zero-order chi connectivity index (χ0) is 14.7. The van der Waals surface area contributed by atoms with Crippen LogP contribution in [0.3, 0.4) is 0 Å². The van der Waals surface area contributed by atoms with E-state index in [0.717, 1.165) is 32.1 Å². The number of aryl methyl sites for hydroxylation is 1. The Kier molecular flexibility index (Phi) is 4.59. The fraction of sp³-hybridized carbons (Fsp3) is 0.611. The van der Waals surface area contributed by atoms with Crippen molar-refractivity contribution in [1.82, 2.24) is 4.90 Å². The second-order valence-corrected chi connectivity index (χ2v) is 6.40. The molecule has 0 aromatic heterocycles. The first kappa shape index (κ1) is 14.6. The van der Waals surface area contributed by atoms with E-state index in [2.05, 4.69) is 29.2 Å². The molecule has 2 aliphatic carbocycles. The van der Waals surface area contributed by atoms with Crippen LogP contribution >= 0.6 is 0 Å². The number of fused-ring (bicyclic) bond motifs is 1. The van der Waals surface area contributed by atoms with Gasteiger partial charge in [0.2, 0.25) is 5.91 Å². The molecular formula is C18H26N2O. The largest absolute Gasteiger partial charge is 0.338 e. The van der Waals surface area contributed by atoms with Crippen molar-refractivity contribution in [3.63, 3.8) is 0 Å². The van der Waals surface area contributed by atoms with Crippen molar-refractivity contribution in [2.24, 2.45) is 5.73 Å². The van der Waals surface area contributed by atoms with Crippen LogP contribution in [0.4, 0.5) is 0 Å². The number of hydrogen-bond acceptors (Lipinski definition) is 2. The highest BCUT2D eigenvalue weighted by atomic mass is 16.2. The van der Waals surface area contributed by atoms with Gasteiger partial charge in [-0.15, -0.1) is 0 Å². The summed E-state index contributed by atoms with van der Waals surface area (Å²) in [6.45, 7) is 1.28. The molecule has 1 aromatic rings. The average Bonchev–Trinajstić information content (AvgIpc) is 3.05. The summed E-state index contributed by atoms with van der Waals surface area (Å²) in [5.41, 5.74) is 8.39. The van der Waals surface area contributed by atoms with Crippen molar-refractivity contribution in [3.05, 3.63) is 35.4 Å². The van der Waals surface area contributed by atoms with Crippen molar-refractivity contribution >= 4 is 5.91 Å². The number of nitrogens with zero attached hydrogens (tertiary/aromatic N) is 1. The Hall–Kier alpha value is -1.35. The van der Waals surface area contributed by atoms with E-state index in [4.69, 9.17) is 5.73 Å². The molecule has 0 bridgehead atoms. The Bertz CT molecular complexity index is 494. The van der Waals surface area contributed by atoms with Crippen LogP contribution in [0, 0.1) is 0 Å². The molecule has 2 aliphatic rings. The van der Waals surface area contributed by atoms with Crippen LogP contribution in [0.25, 0.3) is 0 Å². The molecule has 2 N–H and O–H groups in total. The molecule has 114 valence electrons. The van der Waals surface area contributed by atoms with E-state index >= 15 is 0 Å². The molecule has 0 aliphatic heterocycles. The SMILES string of the molecule is NCCN(C(=O)C1CCCc2ccccc21)C1CCCC1. The number of amides is 1. The highest BCUT2D eigenvalue weighted by Gasteiger charge is 2.33. The normalized spacial score (nSPS) is 22.0. The minimum Gasteiger partial charge on any atom is -0.338 e. The zero-order valence-electron chi connectivity index (χ0n) is 12.8. The molecule has 21 heavy (non-hydrogen) atoms. The van der Waals surface area contributed by atoms with Crippen molar-refractivity contribution < 1.29 is 4.79 Å². The number of benzene rings is 1. The minimum atomic E-state index is 0.0575. The quantitative estimate of drug-likeness (QED) is 0.925. The first-order valence-corrected chi connectivity index (χ1v) is 8.39. The standard InChI is InChI=1S/C18H26N2O/c19-12-13-20(15-8-2-3-9-15)18(21)17-11-5-7-14-6-1-4-10-16(14)17/h1,4,6,10,15,17H,2-3,5,7-9,11-13,19H2. The van der Waals surface area contributed by atoms with Gasteiger partial charge >= 0.3 is 0 Å². The summed E-state index contributed by atoms with van der Waals surface area (Å²) in [6, 6.07) is 8.90. The lowest BCUT2D eigenvalue weighted by molar-refractivity contribution is -0.135. The molecule has 3 nitrogen and oxygen atoms in total. The van der Waals surface area contributed by atoms with E-state index in [1.54, 1.807) is 0 Å². The molecule has 1 fully saturated rings. The fourth-order valence-corrected chi connectivity index (χ4v) is 4.04. The summed E-state index contributed by atoms with van der Waals surface area (Å²) in [5.74, 6) is 0.376. The molecule has 1 atom stereocenters. The molecule has 0 saturated heterocycles. The van der Waals surface area contributed by atoms with Gasteiger partial charge < -0.3 is 10.6 Å². The van der Waals surface area contributed by atoms with E-state index < -0.39 is 0 Å². The third-order valence-electron chi connectivity index (χ3n) is 5.09. The number of carbonyl (C=O) groups is 1. The molecule has 0 heterocycles. The van der Waals surface area contributed by atoms with Crippen molar-refractivity contribution in [1.29, 1.82) is 0 Å². The van der Waals surface area contributed by atoms with Gasteiger partial charge in [-0.3, -0.25) is 4.79 Å². The summed E-state index contributed by atoms with van der Waals surface area (Å²) in [5, 5.41) is 0. The molecule has 3 rings (SSSR count). The van der Waals surface area contributed by atoms with Crippen LogP contribution in [-0.2, 0) is 11.2 Å². The highest BCUT2D eigenvalue weighted by Crippen LogP contribution is 2.34. The second kappa shape index (κ2) is 6.61. The van der Waals surface area contributed by atoms with Gasteiger partial charge in [0.25, 0.3) is 0 Å². The summed E-state index contributed by atoms with van der Waals surface area (Å²) in [4.78, 5) is 15.2. The van der Waals surface area contributed by atoms with Gasteiger partial charge in [-0.05, 0) is 43.2 Å². The maximum Gasteiger partial charge on any atom is 0.230 e. The van der Waals surface area contributed by atoms with Crippen LogP contribution in [0.15, 0.2) is 24.3 Å². The number of nitrogens with two attached hydrogens (primary N) is 1. The molecule has 0 radical (unpaired) electrons. The summed E-state index contributed by atoms with van der Waals surface area (Å²) in [7, 11) is 0. The van der Waals surface area contributed by atoms with Crippen LogP contribution < -0.4 is 5.73 Å². The van der Waals surface area contributed by atoms with Gasteiger partial charge in [0.15, 0.2) is 0 Å². The maximum atomic E-state index is 13.1. The average molecular weight is 286 g/mol. The zero-order valence-corrected chi connectivity index (χ0v) is 12.8. The van der Waals surface area contributed by atoms with Gasteiger partial charge in [-0.25, -0.2) is 0 Å². The summed E-state index contributed by atoms with van der Waals surface area (Å²) >= 11 is 0. The molecule has 0 spiro atoms. The second-order valence-electron chi connectivity index (χ2n) is 6.40. The molecule has 1 unspecified atom stereocenters. The van der Waals surface area contributed by atoms with Crippen molar-refractivity contribution in [2.75, 3.05) is 13.1 Å². The van der Waals surface area contributed by atoms with Gasteiger partial charge in [0.05, 0.1) is 5.92 Å². The molecule has 1 amide bonds. The van der Waals surface area contributed by atoms with Gasteiger partial charge in [-0.1, -0.05) is 37.1 Å². The predicted molar refractivity (Wildman–Crippen MR) is 85.1 cm³/mol. The van der Waals surface area contributed by atoms with Crippen LogP contribution in [0.2, 0.25) is 0 Å². The third-order valence-corrected chi connectivity index (χ3v) is 5.09. The van der Waals surface area contributed by atoms with Crippen LogP contribution in [0.1, 0.15) is 55.6 Å². The van der Waals surface area contributed by atoms with E-state index in [0.29, 0.717) is 25.0 Å². The monoisotopic (exact) mass is 286 g/mol. The first-order chi connectivity index (χ1) is 10.3. The van der Waals surface area contributed by atoms with E-state index in [9.17, 15) is 4.79 Å². The van der Waals surface area contributed by atoms with Crippen LogP contribution in [-0.4, -0.2) is 29.9 Å². The number of carbonyl (C=O) groups excluding carboxylic acids is 1. The molecular weight excluding hydrogens is 260 g/mol. The lowest BCUT2D eigenvalue weighted by atomic mass is 9.82. The van der Waals surface area contributed by atoms with Crippen molar-refractivity contribution in [2.45, 2.75) is 56.9 Å². The Balaban J connectivity index is 1.83. The van der Waals surface area contributed by atoms with Crippen molar-refractivity contribution in [3.8, 4) is 0 Å². The fourth-order valence-electron chi connectivity index (χ4n) is 4.04. The minimum absolute atomic E-state index is 0.0575. The smallest absolute Gasteiger partial charge is 0.230 e. The van der Waals surface area contributed by atoms with E-state index in [1.165, 1.54) is 24.0 Å². The van der Waals surface area contributed by atoms with Gasteiger partial charge in [0, 0.05) is 19.1 Å². The number of hydrogen-bond donors (Lipinski definition) is 1. The Morgan fingerprint density at radius 3 is 2.67 bits per heavy atom. The molecule has 3 heteroatoms. The lowest BCUT2D eigenvalue weighted by Crippen LogP contribution is -2.44. The Morgan fingerprint density at radius 2 is 1.90 bits per heavy atom. The topological polar surface area (TPSA) is 46.3 Å². The van der Waals surface area contributed by atoms with E-state index in [-0.39, 0.29) is 5.92 Å². The number of rotatable bonds is 4. The third kappa shape index (κ3) is 2.98. The maximum absolute atomic E-state index is 13.1. The summed E-state index contributed by atoms with van der Waals surface area (Å²) in [6.07, 6.45) is 8.03. The summed E-state index contributed by atoms with van der Waals surface area (Å²) < 4.78 is 0. The van der Waals surface area contributed by atoms with E-state index in [1.807, 2.05) is 0 Å². The predicted octanol–water partition coefficient (Wildman–Crippen LogP) is 2.84. The first-order valence-electron chi connectivity index (χ1n) is 8.39. The molecule has 1 aromatic carbocycles. The lowest BCUT2D eigenvalue weighted by Gasteiger charge is -2.34. The Morgan fingerprint density at radius 1 is 1.14 bits per heavy atom.